The van der Waals surface area contributed by atoms with Gasteiger partial charge in [0, 0.05) is 26.8 Å². The van der Waals surface area contributed by atoms with Gasteiger partial charge in [0.15, 0.2) is 0 Å². The average molecular weight is 270 g/mol. The molecule has 0 bridgehead atoms. The van der Waals surface area contributed by atoms with Crippen molar-refractivity contribution in [1.82, 2.24) is 4.98 Å². The van der Waals surface area contributed by atoms with Gasteiger partial charge in [-0.2, -0.15) is 0 Å². The monoisotopic (exact) mass is 270 g/mol. The van der Waals surface area contributed by atoms with Crippen molar-refractivity contribution in [2.45, 2.75) is 12.5 Å². The van der Waals surface area contributed by atoms with Gasteiger partial charge in [-0.15, -0.1) is 0 Å². The number of methoxy groups -OCH3 is 1. The highest BCUT2D eigenvalue weighted by molar-refractivity contribution is 5.60. The molecule has 0 saturated heterocycles. The van der Waals surface area contributed by atoms with Crippen LogP contribution in [0.25, 0.3) is 0 Å². The topological polar surface area (TPSA) is 110 Å². The lowest BCUT2D eigenvalue weighted by Gasteiger charge is -2.17. The second kappa shape index (κ2) is 7.49. The van der Waals surface area contributed by atoms with Gasteiger partial charge >= 0.3 is 5.69 Å². The van der Waals surface area contributed by atoms with Crippen molar-refractivity contribution in [3.05, 3.63) is 22.2 Å². The lowest BCUT2D eigenvalue weighted by Crippen LogP contribution is -2.27. The molecule has 1 aromatic heterocycles. The summed E-state index contributed by atoms with van der Waals surface area (Å²) in [6.45, 7) is 0.281. The van der Waals surface area contributed by atoms with Crippen LogP contribution in [0.15, 0.2) is 12.1 Å². The Kier molecular flexibility index (Phi) is 5.97. The molecule has 1 atom stereocenters. The maximum absolute atomic E-state index is 10.9. The van der Waals surface area contributed by atoms with Gasteiger partial charge in [-0.25, -0.2) is 4.98 Å². The number of hydrogen-bond acceptors (Lipinski definition) is 7. The summed E-state index contributed by atoms with van der Waals surface area (Å²) in [5.41, 5.74) is -0.113. The second-order valence-corrected chi connectivity index (χ2v) is 3.88. The lowest BCUT2D eigenvalue weighted by molar-refractivity contribution is -0.384. The number of nitrogens with one attached hydrogen (secondary N) is 2. The van der Waals surface area contributed by atoms with Crippen molar-refractivity contribution >= 4 is 17.3 Å². The number of pyridine rings is 1. The predicted molar refractivity (Wildman–Crippen MR) is 71.4 cm³/mol. The Hall–Kier alpha value is -1.93. The van der Waals surface area contributed by atoms with Crippen molar-refractivity contribution in [2.24, 2.45) is 0 Å². The Morgan fingerprint density at radius 3 is 2.84 bits per heavy atom. The molecule has 0 amide bonds. The van der Waals surface area contributed by atoms with Gasteiger partial charge in [0.1, 0.15) is 5.82 Å². The molecule has 106 valence electrons. The number of rotatable bonds is 8. The zero-order chi connectivity index (χ0) is 14.3. The normalized spacial score (nSPS) is 11.9. The summed E-state index contributed by atoms with van der Waals surface area (Å²) in [5.74, 6) is 0.681. The summed E-state index contributed by atoms with van der Waals surface area (Å²) in [6.07, 6.45) is 0.413. The minimum atomic E-state index is -0.502. The number of aliphatic hydroxyl groups excluding tert-OH is 1. The van der Waals surface area contributed by atoms with Crippen molar-refractivity contribution in [2.75, 3.05) is 38.0 Å². The van der Waals surface area contributed by atoms with Crippen LogP contribution in [-0.2, 0) is 4.74 Å². The van der Waals surface area contributed by atoms with Gasteiger partial charge in [0.05, 0.1) is 17.6 Å². The minimum Gasteiger partial charge on any atom is -0.396 e. The quantitative estimate of drug-likeness (QED) is 0.474. The molecular formula is C11H18N4O4. The maximum atomic E-state index is 10.9. The van der Waals surface area contributed by atoms with E-state index in [2.05, 4.69) is 15.6 Å². The van der Waals surface area contributed by atoms with Gasteiger partial charge in [0.25, 0.3) is 0 Å². The molecule has 0 saturated carbocycles. The highest BCUT2D eigenvalue weighted by Gasteiger charge is 2.19. The highest BCUT2D eigenvalue weighted by Crippen LogP contribution is 2.24. The zero-order valence-corrected chi connectivity index (χ0v) is 10.9. The van der Waals surface area contributed by atoms with E-state index in [9.17, 15) is 10.1 Å². The van der Waals surface area contributed by atoms with E-state index in [1.165, 1.54) is 19.2 Å². The van der Waals surface area contributed by atoms with E-state index < -0.39 is 4.92 Å². The van der Waals surface area contributed by atoms with E-state index in [4.69, 9.17) is 9.84 Å². The third kappa shape index (κ3) is 4.34. The molecule has 0 aliphatic heterocycles. The van der Waals surface area contributed by atoms with E-state index >= 15 is 0 Å². The molecule has 0 aliphatic carbocycles. The van der Waals surface area contributed by atoms with Crippen molar-refractivity contribution in [3.8, 4) is 0 Å². The summed E-state index contributed by atoms with van der Waals surface area (Å²) in [7, 11) is 3.20. The highest BCUT2D eigenvalue weighted by atomic mass is 16.6. The Morgan fingerprint density at radius 2 is 2.32 bits per heavy atom. The number of anilines is 2. The van der Waals surface area contributed by atoms with Crippen LogP contribution in [0.2, 0.25) is 0 Å². The molecule has 19 heavy (non-hydrogen) atoms. The third-order valence-electron chi connectivity index (χ3n) is 2.51. The molecule has 1 unspecified atom stereocenters. The van der Waals surface area contributed by atoms with Gasteiger partial charge in [-0.1, -0.05) is 0 Å². The summed E-state index contributed by atoms with van der Waals surface area (Å²) in [4.78, 5) is 14.6. The van der Waals surface area contributed by atoms with Gasteiger partial charge in [0.2, 0.25) is 5.82 Å². The van der Waals surface area contributed by atoms with Gasteiger partial charge in [-0.05, 0) is 12.5 Å². The van der Waals surface area contributed by atoms with Crippen LogP contribution in [0, 0.1) is 10.1 Å². The van der Waals surface area contributed by atoms with Crippen LogP contribution < -0.4 is 10.6 Å². The van der Waals surface area contributed by atoms with Crippen molar-refractivity contribution < 1.29 is 14.8 Å². The number of nitrogens with zero attached hydrogens (tertiary/aromatic N) is 2. The van der Waals surface area contributed by atoms with Crippen LogP contribution in [0.3, 0.4) is 0 Å². The first kappa shape index (κ1) is 15.1. The smallest absolute Gasteiger partial charge is 0.311 e. The van der Waals surface area contributed by atoms with Crippen LogP contribution in [0.1, 0.15) is 6.42 Å². The van der Waals surface area contributed by atoms with Crippen LogP contribution in [0.5, 0.6) is 0 Å². The number of ether oxygens (including phenoxy) is 1. The first-order valence-electron chi connectivity index (χ1n) is 5.81. The molecule has 0 aliphatic rings. The fourth-order valence-corrected chi connectivity index (χ4v) is 1.59. The van der Waals surface area contributed by atoms with Crippen molar-refractivity contribution in [3.63, 3.8) is 0 Å². The summed E-state index contributed by atoms with van der Waals surface area (Å²) in [5, 5.41) is 25.6. The number of aliphatic hydroxyl groups is 1. The van der Waals surface area contributed by atoms with Crippen LogP contribution in [-0.4, -0.2) is 48.4 Å². The summed E-state index contributed by atoms with van der Waals surface area (Å²) in [6, 6.07) is 2.67. The second-order valence-electron chi connectivity index (χ2n) is 3.88. The van der Waals surface area contributed by atoms with E-state index in [1.54, 1.807) is 7.05 Å². The van der Waals surface area contributed by atoms with E-state index in [1.807, 2.05) is 0 Å². The number of aromatic nitrogens is 1. The SMILES string of the molecule is CNc1ccc([N+](=O)[O-])c(NC(CCO)COC)n1. The molecule has 0 spiro atoms. The fraction of sp³-hybridized carbons (Fsp3) is 0.545. The summed E-state index contributed by atoms with van der Waals surface area (Å²) < 4.78 is 5.00. The Bertz CT molecular complexity index is 421. The lowest BCUT2D eigenvalue weighted by atomic mass is 10.2. The van der Waals surface area contributed by atoms with E-state index in [0.717, 1.165) is 0 Å². The maximum Gasteiger partial charge on any atom is 0.311 e. The fourth-order valence-electron chi connectivity index (χ4n) is 1.59. The molecule has 1 aromatic rings. The molecule has 3 N–H and O–H groups in total. The Morgan fingerprint density at radius 1 is 1.58 bits per heavy atom. The average Bonchev–Trinajstić information content (AvgIpc) is 2.38. The van der Waals surface area contributed by atoms with Crippen LogP contribution >= 0.6 is 0 Å². The molecule has 1 rings (SSSR count). The molecule has 0 radical (unpaired) electrons. The van der Waals surface area contributed by atoms with Gasteiger partial charge in [-0.3, -0.25) is 10.1 Å². The van der Waals surface area contributed by atoms with Crippen LogP contribution in [0.4, 0.5) is 17.3 Å². The predicted octanol–water partition coefficient (Wildman–Crippen LogP) is 0.841. The molecular weight excluding hydrogens is 252 g/mol. The first-order valence-corrected chi connectivity index (χ1v) is 5.81. The third-order valence-corrected chi connectivity index (χ3v) is 2.51. The minimum absolute atomic E-state index is 0.0411. The largest absolute Gasteiger partial charge is 0.396 e. The molecule has 8 heteroatoms. The van der Waals surface area contributed by atoms with Crippen molar-refractivity contribution in [1.29, 1.82) is 0 Å². The molecule has 1 heterocycles. The molecule has 8 nitrogen and oxygen atoms in total. The number of hydrogen-bond donors (Lipinski definition) is 3. The Balaban J connectivity index is 2.97. The Labute approximate surface area is 111 Å². The molecule has 0 aromatic carbocycles. The first-order chi connectivity index (χ1) is 9.12. The summed E-state index contributed by atoms with van der Waals surface area (Å²) >= 11 is 0. The zero-order valence-electron chi connectivity index (χ0n) is 10.9. The standard InChI is InChI=1S/C11H18N4O4/c1-12-10-4-3-9(15(17)18)11(14-10)13-8(5-6-16)7-19-2/h3-4,8,16H,5-7H2,1-2H3,(H2,12,13,14). The molecule has 0 fully saturated rings. The van der Waals surface area contributed by atoms with E-state index in [0.29, 0.717) is 18.8 Å². The van der Waals surface area contributed by atoms with Gasteiger partial charge < -0.3 is 20.5 Å². The number of nitro groups is 1. The van der Waals surface area contributed by atoms with E-state index in [-0.39, 0.29) is 24.2 Å².